The van der Waals surface area contributed by atoms with Gasteiger partial charge in [0.1, 0.15) is 12.7 Å². The second-order valence-corrected chi connectivity index (χ2v) is 6.23. The predicted molar refractivity (Wildman–Crippen MR) is 94.2 cm³/mol. The van der Waals surface area contributed by atoms with E-state index < -0.39 is 6.10 Å². The lowest BCUT2D eigenvalue weighted by Crippen LogP contribution is -2.50. The van der Waals surface area contributed by atoms with Crippen LogP contribution in [0.4, 0.5) is 0 Å². The van der Waals surface area contributed by atoms with Gasteiger partial charge in [-0.25, -0.2) is 4.98 Å². The summed E-state index contributed by atoms with van der Waals surface area (Å²) in [6.07, 6.45) is 3.84. The molecule has 1 saturated carbocycles. The van der Waals surface area contributed by atoms with Crippen molar-refractivity contribution in [3.63, 3.8) is 0 Å². The van der Waals surface area contributed by atoms with Crippen molar-refractivity contribution < 1.29 is 9.90 Å². The molecule has 3 N–H and O–H groups in total. The average Bonchev–Trinajstić information content (AvgIpc) is 3.16. The third-order valence-corrected chi connectivity index (χ3v) is 4.72. The van der Waals surface area contributed by atoms with E-state index in [1.165, 1.54) is 6.33 Å². The molecule has 3 rings (SSSR count). The zero-order chi connectivity index (χ0) is 15.5. The minimum absolute atomic E-state index is 0. The molecule has 0 bridgehead atoms. The van der Waals surface area contributed by atoms with E-state index in [-0.39, 0.29) is 42.7 Å². The monoisotopic (exact) mass is 380 g/mol. The topological polar surface area (TPSA) is 101 Å². The van der Waals surface area contributed by atoms with Crippen molar-refractivity contribution in [2.45, 2.75) is 31.5 Å². The Morgan fingerprint density at radius 1 is 1.17 bits per heavy atom. The molecule has 8 nitrogen and oxygen atoms in total. The van der Waals surface area contributed by atoms with Crippen molar-refractivity contribution in [1.82, 2.24) is 24.6 Å². The molecule has 0 radical (unpaired) electrons. The van der Waals surface area contributed by atoms with E-state index in [9.17, 15) is 9.90 Å². The fourth-order valence-corrected chi connectivity index (χ4v) is 3.29. The molecule has 1 aliphatic carbocycles. The molecule has 1 amide bonds. The lowest BCUT2D eigenvalue weighted by atomic mass is 10.1. The van der Waals surface area contributed by atoms with Gasteiger partial charge < -0.3 is 15.7 Å². The summed E-state index contributed by atoms with van der Waals surface area (Å²) in [5.74, 6) is 0.0506. The van der Waals surface area contributed by atoms with Crippen LogP contribution in [0.25, 0.3) is 0 Å². The van der Waals surface area contributed by atoms with Crippen molar-refractivity contribution in [2.75, 3.05) is 32.7 Å². The van der Waals surface area contributed by atoms with Gasteiger partial charge in [-0.1, -0.05) is 0 Å². The Bertz CT molecular complexity index is 485. The van der Waals surface area contributed by atoms with Gasteiger partial charge in [0.25, 0.3) is 0 Å². The number of rotatable bonds is 4. The number of halogens is 2. The number of hydrogen-bond acceptors (Lipinski definition) is 6. The fourth-order valence-electron chi connectivity index (χ4n) is 3.29. The first-order chi connectivity index (χ1) is 10.6. The van der Waals surface area contributed by atoms with E-state index in [0.29, 0.717) is 12.8 Å². The number of nitrogens with zero attached hydrogens (tertiary/aromatic N) is 5. The van der Waals surface area contributed by atoms with Crippen LogP contribution in [0.1, 0.15) is 12.8 Å². The number of carbonyl (C=O) groups excluding carboxylic acids is 1. The first-order valence-corrected chi connectivity index (χ1v) is 7.90. The second kappa shape index (κ2) is 9.53. The fraction of sp³-hybridized carbons (Fsp3) is 0.786. The molecule has 10 heteroatoms. The third kappa shape index (κ3) is 5.03. The molecule has 24 heavy (non-hydrogen) atoms. The van der Waals surface area contributed by atoms with Gasteiger partial charge in [-0.15, -0.1) is 24.8 Å². The third-order valence-electron chi connectivity index (χ3n) is 4.72. The van der Waals surface area contributed by atoms with Crippen LogP contribution in [0, 0.1) is 5.92 Å². The molecule has 2 aliphatic rings. The lowest BCUT2D eigenvalue weighted by molar-refractivity contribution is -0.137. The smallest absolute Gasteiger partial charge is 0.225 e. The summed E-state index contributed by atoms with van der Waals surface area (Å²) in [6.45, 7) is 4.98. The number of aliphatic hydroxyl groups excluding tert-OH is 1. The molecule has 1 saturated heterocycles. The molecule has 2 heterocycles. The van der Waals surface area contributed by atoms with E-state index in [0.717, 1.165) is 39.3 Å². The quantitative estimate of drug-likeness (QED) is 0.720. The normalized spacial score (nSPS) is 27.4. The van der Waals surface area contributed by atoms with Crippen LogP contribution in [0.3, 0.4) is 0 Å². The van der Waals surface area contributed by atoms with Gasteiger partial charge in [-0.05, 0) is 12.8 Å². The van der Waals surface area contributed by atoms with Crippen LogP contribution < -0.4 is 5.73 Å². The standard InChI is InChI=1S/C14H24N6O2.2ClH/c15-12-7-11(8-13(12)21)14(22)19-4-1-18(2-5-19)3-6-20-10-16-9-17-20;;/h9-13,21H,1-8,15H2;2*1H/t11-,12+,13+;;/m0../s1. The number of hydrogen-bond donors (Lipinski definition) is 2. The summed E-state index contributed by atoms with van der Waals surface area (Å²) in [6, 6.07) is -0.252. The first-order valence-electron chi connectivity index (χ1n) is 7.90. The number of carbonyl (C=O) groups is 1. The van der Waals surface area contributed by atoms with Gasteiger partial charge in [-0.2, -0.15) is 5.10 Å². The van der Waals surface area contributed by atoms with Gasteiger partial charge in [0.15, 0.2) is 0 Å². The summed E-state index contributed by atoms with van der Waals surface area (Å²) in [7, 11) is 0. The van der Waals surface area contributed by atoms with Crippen molar-refractivity contribution in [1.29, 1.82) is 0 Å². The minimum atomic E-state index is -0.530. The van der Waals surface area contributed by atoms with Crippen LogP contribution in [0.5, 0.6) is 0 Å². The number of aliphatic hydroxyl groups is 1. The summed E-state index contributed by atoms with van der Waals surface area (Å²) in [5, 5.41) is 13.8. The maximum atomic E-state index is 12.5. The summed E-state index contributed by atoms with van der Waals surface area (Å²) >= 11 is 0. The van der Waals surface area contributed by atoms with Gasteiger partial charge in [-0.3, -0.25) is 14.4 Å². The molecule has 0 spiro atoms. The number of nitrogens with two attached hydrogens (primary N) is 1. The van der Waals surface area contributed by atoms with Gasteiger partial charge in [0.2, 0.25) is 5.91 Å². The molecule has 1 aliphatic heterocycles. The Kier molecular flexibility index (Phi) is 8.38. The van der Waals surface area contributed by atoms with Crippen LogP contribution >= 0.6 is 24.8 Å². The highest BCUT2D eigenvalue weighted by Gasteiger charge is 2.37. The van der Waals surface area contributed by atoms with E-state index >= 15 is 0 Å². The average molecular weight is 381 g/mol. The summed E-state index contributed by atoms with van der Waals surface area (Å²) in [4.78, 5) is 20.6. The Morgan fingerprint density at radius 3 is 2.42 bits per heavy atom. The molecule has 1 aromatic rings. The molecular weight excluding hydrogens is 355 g/mol. The minimum Gasteiger partial charge on any atom is -0.391 e. The molecule has 0 aromatic carbocycles. The van der Waals surface area contributed by atoms with Crippen LogP contribution in [0.2, 0.25) is 0 Å². The van der Waals surface area contributed by atoms with Crippen molar-refractivity contribution >= 4 is 30.7 Å². The maximum Gasteiger partial charge on any atom is 0.225 e. The Balaban J connectivity index is 0.00000144. The molecule has 138 valence electrons. The SMILES string of the molecule is Cl.Cl.N[C@@H]1C[C@H](C(=O)N2CCN(CCn3cncn3)CC2)C[C@H]1O. The van der Waals surface area contributed by atoms with E-state index in [1.807, 2.05) is 9.58 Å². The second-order valence-electron chi connectivity index (χ2n) is 6.23. The molecule has 1 aromatic heterocycles. The van der Waals surface area contributed by atoms with Gasteiger partial charge in [0, 0.05) is 44.7 Å². The van der Waals surface area contributed by atoms with Crippen molar-refractivity contribution in [3.8, 4) is 0 Å². The Hall–Kier alpha value is -0.930. The number of piperazine rings is 1. The van der Waals surface area contributed by atoms with Gasteiger partial charge >= 0.3 is 0 Å². The van der Waals surface area contributed by atoms with Crippen molar-refractivity contribution in [2.24, 2.45) is 11.7 Å². The van der Waals surface area contributed by atoms with E-state index in [4.69, 9.17) is 5.73 Å². The molecule has 2 fully saturated rings. The van der Waals surface area contributed by atoms with E-state index in [2.05, 4.69) is 15.0 Å². The highest BCUT2D eigenvalue weighted by molar-refractivity contribution is 5.85. The van der Waals surface area contributed by atoms with Crippen LogP contribution in [-0.4, -0.2) is 80.4 Å². The van der Waals surface area contributed by atoms with E-state index in [1.54, 1.807) is 6.33 Å². The highest BCUT2D eigenvalue weighted by atomic mass is 35.5. The highest BCUT2D eigenvalue weighted by Crippen LogP contribution is 2.27. The number of amides is 1. The van der Waals surface area contributed by atoms with Gasteiger partial charge in [0.05, 0.1) is 12.6 Å². The zero-order valence-electron chi connectivity index (χ0n) is 13.5. The Labute approximate surface area is 154 Å². The largest absolute Gasteiger partial charge is 0.391 e. The molecule has 0 unspecified atom stereocenters. The maximum absolute atomic E-state index is 12.5. The summed E-state index contributed by atoms with van der Waals surface area (Å²) in [5.41, 5.74) is 5.80. The predicted octanol–water partition coefficient (Wildman–Crippen LogP) is -0.636. The van der Waals surface area contributed by atoms with Crippen molar-refractivity contribution in [3.05, 3.63) is 12.7 Å². The Morgan fingerprint density at radius 2 is 1.88 bits per heavy atom. The lowest BCUT2D eigenvalue weighted by Gasteiger charge is -2.35. The van der Waals surface area contributed by atoms with Crippen LogP contribution in [0.15, 0.2) is 12.7 Å². The zero-order valence-corrected chi connectivity index (χ0v) is 15.2. The summed E-state index contributed by atoms with van der Waals surface area (Å²) < 4.78 is 1.82. The first kappa shape index (κ1) is 21.1. The molecular formula is C14H26Cl2N6O2. The molecule has 3 atom stereocenters. The number of aromatic nitrogens is 3. The van der Waals surface area contributed by atoms with Crippen LogP contribution in [-0.2, 0) is 11.3 Å².